The van der Waals surface area contributed by atoms with Crippen molar-refractivity contribution >= 4 is 6.01 Å². The van der Waals surface area contributed by atoms with E-state index < -0.39 is 0 Å². The molecule has 2 nitrogen and oxygen atoms in total. The van der Waals surface area contributed by atoms with Crippen molar-refractivity contribution in [3.05, 3.63) is 0 Å². The van der Waals surface area contributed by atoms with E-state index in [9.17, 15) is 0 Å². The van der Waals surface area contributed by atoms with Gasteiger partial charge in [0.15, 0.2) is 0 Å². The molecule has 0 bridgehead atoms. The van der Waals surface area contributed by atoms with Crippen molar-refractivity contribution in [2.24, 2.45) is 9.98 Å². The second kappa shape index (κ2) is 1.90. The maximum Gasteiger partial charge on any atom is 0.0896 e. The van der Waals surface area contributed by atoms with E-state index in [0.29, 0.717) is 6.04 Å². The molecule has 0 N–H and O–H groups in total. The van der Waals surface area contributed by atoms with Gasteiger partial charge in [0.25, 0.3) is 0 Å². The zero-order valence-corrected chi connectivity index (χ0v) is 4.39. The molecule has 1 unspecified atom stereocenters. The molecule has 0 saturated heterocycles. The van der Waals surface area contributed by atoms with E-state index in [0.717, 1.165) is 13.0 Å². The summed E-state index contributed by atoms with van der Waals surface area (Å²) in [5.74, 6) is 0. The zero-order valence-electron chi connectivity index (χ0n) is 4.39. The first-order valence-electron chi connectivity index (χ1n) is 2.55. The van der Waals surface area contributed by atoms with Crippen LogP contribution in [0.1, 0.15) is 13.3 Å². The summed E-state index contributed by atoms with van der Waals surface area (Å²) in [5, 5.41) is 0. The number of hydrogen-bond donors (Lipinski definition) is 0. The smallest absolute Gasteiger partial charge is 0.0896 e. The van der Waals surface area contributed by atoms with Crippen LogP contribution in [0.15, 0.2) is 9.98 Å². The SMILES string of the molecule is CCC1CN=C=N1. The molecule has 0 aromatic rings. The van der Waals surface area contributed by atoms with Crippen LogP contribution in [-0.2, 0) is 0 Å². The molecule has 1 aliphatic rings. The third-order valence-electron chi connectivity index (χ3n) is 1.08. The molecular weight excluding hydrogens is 88.1 g/mol. The van der Waals surface area contributed by atoms with E-state index >= 15 is 0 Å². The fraction of sp³-hybridized carbons (Fsp3) is 0.800. The van der Waals surface area contributed by atoms with Gasteiger partial charge >= 0.3 is 0 Å². The maximum absolute atomic E-state index is 3.94. The minimum Gasteiger partial charge on any atom is -0.223 e. The Labute approximate surface area is 43.0 Å². The van der Waals surface area contributed by atoms with Crippen LogP contribution in [0.25, 0.3) is 0 Å². The highest BCUT2D eigenvalue weighted by Crippen LogP contribution is 1.99. The van der Waals surface area contributed by atoms with Gasteiger partial charge in [-0.25, -0.2) is 9.98 Å². The Bertz CT molecular complexity index is 111. The van der Waals surface area contributed by atoms with Crippen LogP contribution in [-0.4, -0.2) is 18.6 Å². The maximum atomic E-state index is 3.94. The quantitative estimate of drug-likeness (QED) is 0.464. The van der Waals surface area contributed by atoms with Crippen molar-refractivity contribution in [1.82, 2.24) is 0 Å². The Kier molecular flexibility index (Phi) is 1.23. The Hall–Kier alpha value is -0.620. The average Bonchev–Trinajstić information content (AvgIpc) is 2.14. The zero-order chi connectivity index (χ0) is 5.11. The lowest BCUT2D eigenvalue weighted by Crippen LogP contribution is -2.00. The molecule has 0 aliphatic carbocycles. The van der Waals surface area contributed by atoms with Crippen LogP contribution in [0.3, 0.4) is 0 Å². The van der Waals surface area contributed by atoms with Gasteiger partial charge in [0, 0.05) is 0 Å². The highest BCUT2D eigenvalue weighted by molar-refractivity contribution is 5.44. The largest absolute Gasteiger partial charge is 0.223 e. The van der Waals surface area contributed by atoms with Crippen molar-refractivity contribution < 1.29 is 0 Å². The number of hydrogen-bond acceptors (Lipinski definition) is 2. The van der Waals surface area contributed by atoms with Gasteiger partial charge in [-0.05, 0) is 6.42 Å². The van der Waals surface area contributed by atoms with Crippen LogP contribution in [0.4, 0.5) is 0 Å². The lowest BCUT2D eigenvalue weighted by molar-refractivity contribution is 0.689. The Morgan fingerprint density at radius 2 is 2.71 bits per heavy atom. The fourth-order valence-corrected chi connectivity index (χ4v) is 0.530. The van der Waals surface area contributed by atoms with Crippen LogP contribution < -0.4 is 0 Å². The second-order valence-corrected chi connectivity index (χ2v) is 1.63. The predicted octanol–water partition coefficient (Wildman–Crippen LogP) is 0.953. The molecule has 1 atom stereocenters. The molecule has 1 aliphatic heterocycles. The number of nitrogens with zero attached hydrogens (tertiary/aromatic N) is 2. The summed E-state index contributed by atoms with van der Waals surface area (Å²) >= 11 is 0. The first-order valence-corrected chi connectivity index (χ1v) is 2.55. The van der Waals surface area contributed by atoms with Gasteiger partial charge < -0.3 is 0 Å². The molecule has 0 fully saturated rings. The summed E-state index contributed by atoms with van der Waals surface area (Å²) in [4.78, 5) is 7.76. The predicted molar refractivity (Wildman–Crippen MR) is 28.8 cm³/mol. The Morgan fingerprint density at radius 1 is 1.86 bits per heavy atom. The molecule has 38 valence electrons. The summed E-state index contributed by atoms with van der Waals surface area (Å²) in [5.41, 5.74) is 0. The molecule has 0 aromatic carbocycles. The van der Waals surface area contributed by atoms with Gasteiger partial charge in [-0.1, -0.05) is 6.92 Å². The topological polar surface area (TPSA) is 24.7 Å². The first kappa shape index (κ1) is 4.54. The molecule has 0 radical (unpaired) electrons. The molecule has 1 heterocycles. The average molecular weight is 96.1 g/mol. The van der Waals surface area contributed by atoms with E-state index in [1.807, 2.05) is 0 Å². The molecular formula is C5H8N2. The summed E-state index contributed by atoms with van der Waals surface area (Å²) in [6.45, 7) is 2.97. The van der Waals surface area contributed by atoms with E-state index in [-0.39, 0.29) is 0 Å². The van der Waals surface area contributed by atoms with E-state index in [2.05, 4.69) is 22.9 Å². The van der Waals surface area contributed by atoms with Gasteiger partial charge in [0.2, 0.25) is 0 Å². The van der Waals surface area contributed by atoms with Gasteiger partial charge in [0.05, 0.1) is 18.6 Å². The van der Waals surface area contributed by atoms with E-state index in [1.165, 1.54) is 0 Å². The van der Waals surface area contributed by atoms with Gasteiger partial charge in [-0.2, -0.15) is 0 Å². The minimum absolute atomic E-state index is 0.444. The van der Waals surface area contributed by atoms with Gasteiger partial charge in [-0.3, -0.25) is 0 Å². The Morgan fingerprint density at radius 3 is 3.00 bits per heavy atom. The van der Waals surface area contributed by atoms with Gasteiger partial charge in [0.1, 0.15) is 0 Å². The van der Waals surface area contributed by atoms with Crippen LogP contribution in [0.2, 0.25) is 0 Å². The second-order valence-electron chi connectivity index (χ2n) is 1.63. The monoisotopic (exact) mass is 96.1 g/mol. The van der Waals surface area contributed by atoms with Crippen molar-refractivity contribution in [2.75, 3.05) is 6.54 Å². The fourth-order valence-electron chi connectivity index (χ4n) is 0.530. The third-order valence-corrected chi connectivity index (χ3v) is 1.08. The van der Waals surface area contributed by atoms with Crippen molar-refractivity contribution in [1.29, 1.82) is 0 Å². The normalized spacial score (nSPS) is 26.7. The number of rotatable bonds is 1. The minimum atomic E-state index is 0.444. The van der Waals surface area contributed by atoms with Crippen LogP contribution in [0.5, 0.6) is 0 Å². The third kappa shape index (κ3) is 0.875. The molecule has 1 rings (SSSR count). The molecule has 0 saturated carbocycles. The first-order chi connectivity index (χ1) is 3.43. The Balaban J connectivity index is 2.37. The molecule has 0 spiro atoms. The van der Waals surface area contributed by atoms with Crippen LogP contribution >= 0.6 is 0 Å². The van der Waals surface area contributed by atoms with Crippen LogP contribution in [0, 0.1) is 0 Å². The highest BCUT2D eigenvalue weighted by Gasteiger charge is 2.02. The standard InChI is InChI=1S/C5H8N2/c1-2-5-3-6-4-7-5/h5H,2-3H2,1H3. The summed E-state index contributed by atoms with van der Waals surface area (Å²) in [7, 11) is 0. The summed E-state index contributed by atoms with van der Waals surface area (Å²) in [6.07, 6.45) is 1.09. The van der Waals surface area contributed by atoms with Gasteiger partial charge in [-0.15, -0.1) is 0 Å². The van der Waals surface area contributed by atoms with E-state index in [1.54, 1.807) is 0 Å². The summed E-state index contributed by atoms with van der Waals surface area (Å²) in [6, 6.07) is 3.02. The van der Waals surface area contributed by atoms with E-state index in [4.69, 9.17) is 0 Å². The highest BCUT2D eigenvalue weighted by atomic mass is 14.9. The van der Waals surface area contributed by atoms with Crippen molar-refractivity contribution in [3.63, 3.8) is 0 Å². The number of aliphatic imine (C=N–C) groups is 2. The lowest BCUT2D eigenvalue weighted by Gasteiger charge is -1.94. The molecule has 7 heavy (non-hydrogen) atoms. The van der Waals surface area contributed by atoms with Crippen molar-refractivity contribution in [3.8, 4) is 0 Å². The van der Waals surface area contributed by atoms with Crippen molar-refractivity contribution in [2.45, 2.75) is 19.4 Å². The summed E-state index contributed by atoms with van der Waals surface area (Å²) < 4.78 is 0. The molecule has 2 heteroatoms. The lowest BCUT2D eigenvalue weighted by atomic mass is 10.2. The molecule has 0 aromatic heterocycles. The molecule has 0 amide bonds.